The minimum atomic E-state index is -0.640. The predicted octanol–water partition coefficient (Wildman–Crippen LogP) is 1.95. The van der Waals surface area contributed by atoms with Gasteiger partial charge in [-0.1, -0.05) is 0 Å². The maximum atomic E-state index is 10.8. The van der Waals surface area contributed by atoms with Crippen molar-refractivity contribution in [3.05, 3.63) is 29.3 Å². The topological polar surface area (TPSA) is 50.1 Å². The number of hydrogen-bond donors (Lipinski definition) is 0. The Bertz CT molecular complexity index is 382. The van der Waals surface area contributed by atoms with Crippen LogP contribution in [0, 0.1) is 11.3 Å². The number of methoxy groups -OCH3 is 1. The molecule has 0 saturated carbocycles. The van der Waals surface area contributed by atoms with Crippen LogP contribution in [0.5, 0.6) is 5.75 Å². The molecular formula is C9H6ClNO2. The molecule has 66 valence electrons. The van der Waals surface area contributed by atoms with Crippen molar-refractivity contribution in [2.75, 3.05) is 7.11 Å². The molecule has 0 aliphatic carbocycles. The summed E-state index contributed by atoms with van der Waals surface area (Å²) >= 11 is 5.25. The van der Waals surface area contributed by atoms with E-state index in [1.54, 1.807) is 6.07 Å². The van der Waals surface area contributed by atoms with E-state index in [9.17, 15) is 4.79 Å². The molecule has 1 aromatic rings. The lowest BCUT2D eigenvalue weighted by atomic mass is 10.1. The number of carbonyl (C=O) groups excluding carboxylic acids is 1. The monoisotopic (exact) mass is 195 g/mol. The third kappa shape index (κ3) is 1.98. The van der Waals surface area contributed by atoms with Crippen LogP contribution >= 0.6 is 11.6 Å². The second-order valence-corrected chi connectivity index (χ2v) is 2.64. The van der Waals surface area contributed by atoms with E-state index < -0.39 is 5.24 Å². The molecule has 1 rings (SSSR count). The molecule has 0 amide bonds. The summed E-state index contributed by atoms with van der Waals surface area (Å²) in [5, 5.41) is 8.03. The van der Waals surface area contributed by atoms with Gasteiger partial charge in [-0.2, -0.15) is 5.26 Å². The van der Waals surface area contributed by atoms with Crippen LogP contribution in [-0.2, 0) is 0 Å². The molecule has 0 fully saturated rings. The van der Waals surface area contributed by atoms with Gasteiger partial charge in [-0.3, -0.25) is 4.79 Å². The molecule has 0 N–H and O–H groups in total. The smallest absolute Gasteiger partial charge is 0.253 e. The summed E-state index contributed by atoms with van der Waals surface area (Å²) in [4.78, 5) is 10.8. The fourth-order valence-corrected chi connectivity index (χ4v) is 1.08. The number of rotatable bonds is 2. The van der Waals surface area contributed by atoms with E-state index >= 15 is 0 Å². The molecule has 0 aromatic heterocycles. The van der Waals surface area contributed by atoms with E-state index in [4.69, 9.17) is 21.6 Å². The fourth-order valence-electron chi connectivity index (χ4n) is 0.914. The van der Waals surface area contributed by atoms with E-state index in [0.717, 1.165) is 0 Å². The lowest BCUT2D eigenvalue weighted by Gasteiger charge is -2.01. The number of benzene rings is 1. The highest BCUT2D eigenvalue weighted by Gasteiger charge is 2.09. The van der Waals surface area contributed by atoms with Crippen LogP contribution in [0.4, 0.5) is 0 Å². The Balaban J connectivity index is 3.26. The van der Waals surface area contributed by atoms with Gasteiger partial charge in [-0.25, -0.2) is 0 Å². The molecule has 0 aliphatic heterocycles. The third-order valence-electron chi connectivity index (χ3n) is 1.56. The summed E-state index contributed by atoms with van der Waals surface area (Å²) in [5.74, 6) is 0.526. The molecule has 0 unspecified atom stereocenters. The quantitative estimate of drug-likeness (QED) is 0.678. The first-order chi connectivity index (χ1) is 6.19. The largest absolute Gasteiger partial charge is 0.497 e. The van der Waals surface area contributed by atoms with Crippen LogP contribution < -0.4 is 4.74 Å². The van der Waals surface area contributed by atoms with Gasteiger partial charge in [0.1, 0.15) is 11.8 Å². The van der Waals surface area contributed by atoms with Crippen LogP contribution in [0.15, 0.2) is 18.2 Å². The predicted molar refractivity (Wildman–Crippen MR) is 47.9 cm³/mol. The Morgan fingerprint density at radius 2 is 2.31 bits per heavy atom. The highest BCUT2D eigenvalue weighted by atomic mass is 35.5. The van der Waals surface area contributed by atoms with Crippen LogP contribution in [0.2, 0.25) is 0 Å². The van der Waals surface area contributed by atoms with E-state index in [1.165, 1.54) is 19.2 Å². The zero-order valence-corrected chi connectivity index (χ0v) is 7.63. The Morgan fingerprint density at radius 3 is 2.77 bits per heavy atom. The van der Waals surface area contributed by atoms with Crippen LogP contribution in [0.3, 0.4) is 0 Å². The molecule has 0 saturated heterocycles. The van der Waals surface area contributed by atoms with Crippen molar-refractivity contribution in [1.82, 2.24) is 0 Å². The summed E-state index contributed by atoms with van der Waals surface area (Å²) < 4.78 is 4.89. The van der Waals surface area contributed by atoms with Gasteiger partial charge in [-0.15, -0.1) is 0 Å². The van der Waals surface area contributed by atoms with E-state index in [-0.39, 0.29) is 11.1 Å². The second kappa shape index (κ2) is 3.92. The van der Waals surface area contributed by atoms with Crippen LogP contribution in [0.1, 0.15) is 15.9 Å². The highest BCUT2D eigenvalue weighted by molar-refractivity contribution is 6.68. The van der Waals surface area contributed by atoms with Gasteiger partial charge in [0.15, 0.2) is 0 Å². The first-order valence-electron chi connectivity index (χ1n) is 3.47. The molecule has 3 nitrogen and oxygen atoms in total. The zero-order chi connectivity index (χ0) is 9.84. The van der Waals surface area contributed by atoms with Crippen molar-refractivity contribution in [1.29, 1.82) is 5.26 Å². The van der Waals surface area contributed by atoms with Crippen molar-refractivity contribution < 1.29 is 9.53 Å². The van der Waals surface area contributed by atoms with Crippen molar-refractivity contribution in [2.24, 2.45) is 0 Å². The molecule has 0 aliphatic rings. The maximum absolute atomic E-state index is 10.8. The van der Waals surface area contributed by atoms with Gasteiger partial charge >= 0.3 is 0 Å². The van der Waals surface area contributed by atoms with E-state index in [1.807, 2.05) is 6.07 Å². The number of ether oxygens (including phenoxy) is 1. The molecule has 1 aromatic carbocycles. The lowest BCUT2D eigenvalue weighted by Crippen LogP contribution is -1.94. The average Bonchev–Trinajstić information content (AvgIpc) is 2.16. The Kier molecular flexibility index (Phi) is 2.88. The molecular weight excluding hydrogens is 190 g/mol. The summed E-state index contributed by atoms with van der Waals surface area (Å²) in [7, 11) is 1.48. The maximum Gasteiger partial charge on any atom is 0.253 e. The SMILES string of the molecule is COc1ccc(C(=O)Cl)c(C#N)c1. The Morgan fingerprint density at radius 1 is 1.62 bits per heavy atom. The van der Waals surface area contributed by atoms with Crippen molar-refractivity contribution in [3.63, 3.8) is 0 Å². The third-order valence-corrected chi connectivity index (χ3v) is 1.76. The highest BCUT2D eigenvalue weighted by Crippen LogP contribution is 2.18. The molecule has 0 atom stereocenters. The number of nitriles is 1. The number of nitrogens with zero attached hydrogens (tertiary/aromatic N) is 1. The Hall–Kier alpha value is -1.53. The van der Waals surface area contributed by atoms with Gasteiger partial charge in [0, 0.05) is 0 Å². The normalized spacial score (nSPS) is 9.00. The fraction of sp³-hybridized carbons (Fsp3) is 0.111. The summed E-state index contributed by atoms with van der Waals surface area (Å²) in [6.45, 7) is 0. The number of hydrogen-bond acceptors (Lipinski definition) is 3. The summed E-state index contributed by atoms with van der Waals surface area (Å²) in [6.07, 6.45) is 0. The molecule has 0 radical (unpaired) electrons. The first-order valence-corrected chi connectivity index (χ1v) is 3.85. The van der Waals surface area contributed by atoms with Crippen molar-refractivity contribution in [3.8, 4) is 11.8 Å². The van der Waals surface area contributed by atoms with Crippen LogP contribution in [0.25, 0.3) is 0 Å². The minimum Gasteiger partial charge on any atom is -0.497 e. The van der Waals surface area contributed by atoms with Gasteiger partial charge in [0.2, 0.25) is 0 Å². The number of halogens is 1. The van der Waals surface area contributed by atoms with E-state index in [0.29, 0.717) is 5.75 Å². The summed E-state index contributed by atoms with van der Waals surface area (Å²) in [5.41, 5.74) is 0.421. The second-order valence-electron chi connectivity index (χ2n) is 2.30. The van der Waals surface area contributed by atoms with Crippen molar-refractivity contribution in [2.45, 2.75) is 0 Å². The summed E-state index contributed by atoms with van der Waals surface area (Å²) in [6, 6.07) is 6.38. The first kappa shape index (κ1) is 9.56. The van der Waals surface area contributed by atoms with E-state index in [2.05, 4.69) is 0 Å². The van der Waals surface area contributed by atoms with Gasteiger partial charge < -0.3 is 4.74 Å². The molecule has 4 heteroatoms. The van der Waals surface area contributed by atoms with Crippen molar-refractivity contribution >= 4 is 16.8 Å². The van der Waals surface area contributed by atoms with Gasteiger partial charge in [-0.05, 0) is 29.8 Å². The van der Waals surface area contributed by atoms with Gasteiger partial charge in [0.25, 0.3) is 5.24 Å². The van der Waals surface area contributed by atoms with Gasteiger partial charge in [0.05, 0.1) is 18.2 Å². The molecule has 0 heterocycles. The lowest BCUT2D eigenvalue weighted by molar-refractivity contribution is 0.108. The number of carbonyl (C=O) groups is 1. The van der Waals surface area contributed by atoms with Crippen LogP contribution in [-0.4, -0.2) is 12.4 Å². The molecule has 0 bridgehead atoms. The Labute approximate surface area is 80.5 Å². The molecule has 0 spiro atoms. The zero-order valence-electron chi connectivity index (χ0n) is 6.87. The molecule has 13 heavy (non-hydrogen) atoms. The average molecular weight is 196 g/mol. The minimum absolute atomic E-state index is 0.199. The standard InChI is InChI=1S/C9H6ClNO2/c1-13-7-2-3-8(9(10)12)6(4-7)5-11/h2-4H,1H3.